The van der Waals surface area contributed by atoms with E-state index in [1.807, 2.05) is 37.3 Å². The van der Waals surface area contributed by atoms with Crippen molar-refractivity contribution in [2.45, 2.75) is 11.8 Å². The minimum Gasteiger partial charge on any atom is -0.143 e. The lowest BCUT2D eigenvalue weighted by Gasteiger charge is -1.91. The molecular weight excluding hydrogens is 140 g/mol. The molecule has 1 aromatic rings. The maximum atomic E-state index is 4.18. The van der Waals surface area contributed by atoms with Crippen LogP contribution in [0, 0.1) is 0 Å². The summed E-state index contributed by atoms with van der Waals surface area (Å²) in [6.07, 6.45) is 4.08. The summed E-state index contributed by atoms with van der Waals surface area (Å²) in [5.41, 5.74) is 1.22. The summed E-state index contributed by atoms with van der Waals surface area (Å²) < 4.78 is 0. The predicted octanol–water partition coefficient (Wildman–Crippen LogP) is 3.01. The zero-order valence-electron chi connectivity index (χ0n) is 5.91. The summed E-state index contributed by atoms with van der Waals surface area (Å²) in [6, 6.07) is 8.06. The third kappa shape index (κ3) is 1.92. The van der Waals surface area contributed by atoms with Gasteiger partial charge in [0.15, 0.2) is 0 Å². The molecule has 0 aliphatic carbocycles. The highest BCUT2D eigenvalue weighted by molar-refractivity contribution is 7.80. The van der Waals surface area contributed by atoms with Crippen molar-refractivity contribution in [3.8, 4) is 0 Å². The molecule has 10 heavy (non-hydrogen) atoms. The highest BCUT2D eigenvalue weighted by atomic mass is 32.1. The van der Waals surface area contributed by atoms with Crippen LogP contribution in [0.5, 0.6) is 0 Å². The first-order valence-electron chi connectivity index (χ1n) is 3.24. The second-order valence-electron chi connectivity index (χ2n) is 2.09. The minimum atomic E-state index is 1.01. The van der Waals surface area contributed by atoms with Crippen LogP contribution in [-0.4, -0.2) is 0 Å². The predicted molar refractivity (Wildman–Crippen MR) is 48.4 cm³/mol. The Morgan fingerprint density at radius 2 is 1.80 bits per heavy atom. The molecule has 0 aromatic heterocycles. The average molecular weight is 150 g/mol. The Hall–Kier alpha value is -0.690. The van der Waals surface area contributed by atoms with Gasteiger partial charge in [-0.25, -0.2) is 0 Å². The molecule has 1 heteroatoms. The van der Waals surface area contributed by atoms with E-state index >= 15 is 0 Å². The Morgan fingerprint density at radius 1 is 1.20 bits per heavy atom. The average Bonchev–Trinajstić information content (AvgIpc) is 1.95. The maximum Gasteiger partial charge on any atom is 0.00403 e. The Morgan fingerprint density at radius 3 is 2.30 bits per heavy atom. The number of thiol groups is 1. The topological polar surface area (TPSA) is 0 Å². The van der Waals surface area contributed by atoms with E-state index in [1.54, 1.807) is 0 Å². The van der Waals surface area contributed by atoms with Gasteiger partial charge >= 0.3 is 0 Å². The quantitative estimate of drug-likeness (QED) is 0.584. The monoisotopic (exact) mass is 150 g/mol. The number of allylic oxidation sites excluding steroid dienone is 1. The summed E-state index contributed by atoms with van der Waals surface area (Å²) >= 11 is 4.18. The summed E-state index contributed by atoms with van der Waals surface area (Å²) in [6.45, 7) is 2.01. The van der Waals surface area contributed by atoms with Gasteiger partial charge in [-0.2, -0.15) is 0 Å². The molecule has 0 aliphatic rings. The van der Waals surface area contributed by atoms with Crippen molar-refractivity contribution in [3.63, 3.8) is 0 Å². The lowest BCUT2D eigenvalue weighted by molar-refractivity contribution is 1.46. The molecule has 1 aromatic carbocycles. The van der Waals surface area contributed by atoms with Crippen LogP contribution in [0.2, 0.25) is 0 Å². The first-order valence-corrected chi connectivity index (χ1v) is 3.69. The Kier molecular flexibility index (Phi) is 2.57. The van der Waals surface area contributed by atoms with E-state index in [0.29, 0.717) is 0 Å². The van der Waals surface area contributed by atoms with Crippen LogP contribution in [0.3, 0.4) is 0 Å². The molecule has 1 rings (SSSR count). The molecule has 0 spiro atoms. The first kappa shape index (κ1) is 7.42. The van der Waals surface area contributed by atoms with Gasteiger partial charge in [-0.05, 0) is 24.6 Å². The van der Waals surface area contributed by atoms with Crippen molar-refractivity contribution in [1.82, 2.24) is 0 Å². The van der Waals surface area contributed by atoms with Crippen LogP contribution in [0.1, 0.15) is 12.5 Å². The van der Waals surface area contributed by atoms with Crippen LogP contribution in [0.4, 0.5) is 0 Å². The van der Waals surface area contributed by atoms with Gasteiger partial charge in [0, 0.05) is 4.90 Å². The number of hydrogen-bond donors (Lipinski definition) is 1. The summed E-state index contributed by atoms with van der Waals surface area (Å²) in [5, 5.41) is 0. The van der Waals surface area contributed by atoms with Crippen molar-refractivity contribution < 1.29 is 0 Å². The molecule has 0 N–H and O–H groups in total. The fourth-order valence-corrected chi connectivity index (χ4v) is 0.927. The lowest BCUT2D eigenvalue weighted by Crippen LogP contribution is -1.69. The van der Waals surface area contributed by atoms with Crippen molar-refractivity contribution in [2.24, 2.45) is 0 Å². The largest absolute Gasteiger partial charge is 0.143 e. The Bertz CT molecular complexity index is 221. The molecule has 0 saturated heterocycles. The van der Waals surface area contributed by atoms with E-state index in [9.17, 15) is 0 Å². The van der Waals surface area contributed by atoms with E-state index in [4.69, 9.17) is 0 Å². The summed E-state index contributed by atoms with van der Waals surface area (Å²) in [5.74, 6) is 0. The highest BCUT2D eigenvalue weighted by Gasteiger charge is 1.83. The van der Waals surface area contributed by atoms with Crippen LogP contribution in [0.15, 0.2) is 35.2 Å². The van der Waals surface area contributed by atoms with Gasteiger partial charge in [-0.15, -0.1) is 12.6 Å². The van der Waals surface area contributed by atoms with Crippen molar-refractivity contribution in [3.05, 3.63) is 35.9 Å². The number of benzene rings is 1. The minimum absolute atomic E-state index is 1.01. The van der Waals surface area contributed by atoms with E-state index in [2.05, 4.69) is 18.7 Å². The highest BCUT2D eigenvalue weighted by Crippen LogP contribution is 2.08. The second-order valence-corrected chi connectivity index (χ2v) is 2.61. The van der Waals surface area contributed by atoms with Gasteiger partial charge < -0.3 is 0 Å². The van der Waals surface area contributed by atoms with Gasteiger partial charge in [0.05, 0.1) is 0 Å². The summed E-state index contributed by atoms with van der Waals surface area (Å²) in [4.78, 5) is 1.01. The molecule has 0 radical (unpaired) electrons. The standard InChI is InChI=1S/C9H10S/c1-2-3-8-4-6-9(10)7-5-8/h2-7,10H,1H3. The zero-order valence-corrected chi connectivity index (χ0v) is 6.81. The van der Waals surface area contributed by atoms with Crippen LogP contribution in [0.25, 0.3) is 6.08 Å². The molecule has 0 atom stereocenters. The molecule has 0 saturated carbocycles. The Labute approximate surface area is 67.0 Å². The fraction of sp³-hybridized carbons (Fsp3) is 0.111. The van der Waals surface area contributed by atoms with Gasteiger partial charge in [0.25, 0.3) is 0 Å². The smallest absolute Gasteiger partial charge is 0.00403 e. The van der Waals surface area contributed by atoms with Crippen LogP contribution < -0.4 is 0 Å². The number of hydrogen-bond acceptors (Lipinski definition) is 1. The molecule has 0 amide bonds. The van der Waals surface area contributed by atoms with E-state index < -0.39 is 0 Å². The van der Waals surface area contributed by atoms with E-state index in [0.717, 1.165) is 4.90 Å². The van der Waals surface area contributed by atoms with Gasteiger partial charge in [0.2, 0.25) is 0 Å². The summed E-state index contributed by atoms with van der Waals surface area (Å²) in [7, 11) is 0. The third-order valence-corrected chi connectivity index (χ3v) is 1.55. The molecule has 0 fully saturated rings. The van der Waals surface area contributed by atoms with Crippen LogP contribution >= 0.6 is 12.6 Å². The number of rotatable bonds is 1. The molecule has 0 nitrogen and oxygen atoms in total. The van der Waals surface area contributed by atoms with Gasteiger partial charge in [-0.3, -0.25) is 0 Å². The van der Waals surface area contributed by atoms with Crippen LogP contribution in [-0.2, 0) is 0 Å². The van der Waals surface area contributed by atoms with E-state index in [1.165, 1.54) is 5.56 Å². The maximum absolute atomic E-state index is 4.18. The first-order chi connectivity index (χ1) is 4.83. The molecule has 0 heterocycles. The van der Waals surface area contributed by atoms with Crippen molar-refractivity contribution in [2.75, 3.05) is 0 Å². The lowest BCUT2D eigenvalue weighted by atomic mass is 10.2. The molecule has 0 aliphatic heterocycles. The van der Waals surface area contributed by atoms with Gasteiger partial charge in [0.1, 0.15) is 0 Å². The van der Waals surface area contributed by atoms with Crippen molar-refractivity contribution in [1.29, 1.82) is 0 Å². The fourth-order valence-electron chi connectivity index (χ4n) is 0.778. The second kappa shape index (κ2) is 3.47. The third-order valence-electron chi connectivity index (χ3n) is 1.25. The molecule has 0 bridgehead atoms. The molecule has 0 unspecified atom stereocenters. The molecule has 52 valence electrons. The van der Waals surface area contributed by atoms with Crippen molar-refractivity contribution >= 4 is 18.7 Å². The SMILES string of the molecule is CC=Cc1ccc(S)cc1. The zero-order chi connectivity index (χ0) is 7.40. The normalized spacial score (nSPS) is 10.6. The van der Waals surface area contributed by atoms with E-state index in [-0.39, 0.29) is 0 Å². The van der Waals surface area contributed by atoms with Gasteiger partial charge in [-0.1, -0.05) is 24.3 Å². The Balaban J connectivity index is 2.89. The molecular formula is C9H10S.